The molecule has 0 bridgehead atoms. The van der Waals surface area contributed by atoms with Crippen LogP contribution in [0.15, 0.2) is 0 Å². The molecule has 6 nitrogen and oxygen atoms in total. The zero-order valence-electron chi connectivity index (χ0n) is 13.6. The van der Waals surface area contributed by atoms with Crippen LogP contribution in [-0.2, 0) is 14.3 Å². The highest BCUT2D eigenvalue weighted by molar-refractivity contribution is 5.88. The van der Waals surface area contributed by atoms with E-state index in [0.29, 0.717) is 25.9 Å². The second kappa shape index (κ2) is 6.91. The predicted octanol–water partition coefficient (Wildman–Crippen LogP) is 1.73. The van der Waals surface area contributed by atoms with Crippen molar-refractivity contribution in [1.82, 2.24) is 10.2 Å². The van der Waals surface area contributed by atoms with Crippen molar-refractivity contribution in [3.8, 4) is 0 Å². The molecule has 0 aromatic rings. The molecular weight excluding hydrogens is 272 g/mol. The van der Waals surface area contributed by atoms with Gasteiger partial charge in [0, 0.05) is 25.9 Å². The first-order valence-corrected chi connectivity index (χ1v) is 7.40. The van der Waals surface area contributed by atoms with Crippen LogP contribution in [0.5, 0.6) is 0 Å². The number of piperidine rings is 1. The Bertz CT molecular complexity index is 402. The summed E-state index contributed by atoms with van der Waals surface area (Å²) in [5, 5.41) is 2.64. The maximum Gasteiger partial charge on any atom is 0.408 e. The summed E-state index contributed by atoms with van der Waals surface area (Å²) in [5.74, 6) is -0.0220. The Hall–Kier alpha value is -1.59. The number of likely N-dealkylation sites (tertiary alicyclic amines) is 1. The van der Waals surface area contributed by atoms with Gasteiger partial charge in [-0.25, -0.2) is 4.79 Å². The van der Waals surface area contributed by atoms with Crippen molar-refractivity contribution in [2.75, 3.05) is 13.1 Å². The fourth-order valence-corrected chi connectivity index (χ4v) is 2.12. The highest BCUT2D eigenvalue weighted by Gasteiger charge is 2.31. The Labute approximate surface area is 126 Å². The SMILES string of the molecule is CC(C)[C@H](NC(=O)OC(C)(C)C)C(=O)N1CCC(=O)CC1. The molecule has 120 valence electrons. The molecule has 1 saturated heterocycles. The number of Topliss-reactive ketones (excluding diaryl/α,β-unsaturated/α-hetero) is 1. The average molecular weight is 298 g/mol. The molecule has 1 N–H and O–H groups in total. The summed E-state index contributed by atoms with van der Waals surface area (Å²) in [4.78, 5) is 37.2. The number of hydrogen-bond acceptors (Lipinski definition) is 4. The number of hydrogen-bond donors (Lipinski definition) is 1. The van der Waals surface area contributed by atoms with Crippen molar-refractivity contribution >= 4 is 17.8 Å². The zero-order chi connectivity index (χ0) is 16.2. The van der Waals surface area contributed by atoms with E-state index in [1.54, 1.807) is 25.7 Å². The summed E-state index contributed by atoms with van der Waals surface area (Å²) in [7, 11) is 0. The number of nitrogens with zero attached hydrogens (tertiary/aromatic N) is 1. The summed E-state index contributed by atoms with van der Waals surface area (Å²) in [5.41, 5.74) is -0.605. The van der Waals surface area contributed by atoms with E-state index in [4.69, 9.17) is 4.74 Å². The first-order chi connectivity index (χ1) is 9.60. The van der Waals surface area contributed by atoms with E-state index >= 15 is 0 Å². The largest absolute Gasteiger partial charge is 0.444 e. The van der Waals surface area contributed by atoms with Gasteiger partial charge in [0.15, 0.2) is 0 Å². The topological polar surface area (TPSA) is 75.7 Å². The lowest BCUT2D eigenvalue weighted by Gasteiger charge is -2.32. The second-order valence-corrected chi connectivity index (χ2v) is 6.73. The van der Waals surface area contributed by atoms with E-state index in [1.807, 2.05) is 13.8 Å². The van der Waals surface area contributed by atoms with Crippen molar-refractivity contribution in [2.45, 2.75) is 59.1 Å². The third-order valence-electron chi connectivity index (χ3n) is 3.24. The maximum atomic E-state index is 12.5. The lowest BCUT2D eigenvalue weighted by atomic mass is 10.0. The van der Waals surface area contributed by atoms with Gasteiger partial charge in [0.25, 0.3) is 0 Å². The zero-order valence-corrected chi connectivity index (χ0v) is 13.6. The fraction of sp³-hybridized carbons (Fsp3) is 0.800. The van der Waals surface area contributed by atoms with Gasteiger partial charge in [-0.1, -0.05) is 13.8 Å². The quantitative estimate of drug-likeness (QED) is 0.861. The highest BCUT2D eigenvalue weighted by Crippen LogP contribution is 2.13. The van der Waals surface area contributed by atoms with Crippen molar-refractivity contribution in [2.24, 2.45) is 5.92 Å². The molecule has 1 heterocycles. The predicted molar refractivity (Wildman–Crippen MR) is 78.8 cm³/mol. The fourth-order valence-electron chi connectivity index (χ4n) is 2.12. The monoisotopic (exact) mass is 298 g/mol. The summed E-state index contributed by atoms with van der Waals surface area (Å²) in [6.07, 6.45) is 0.189. The number of carbonyl (C=O) groups is 3. The maximum absolute atomic E-state index is 12.5. The Balaban J connectivity index is 2.66. The van der Waals surface area contributed by atoms with Crippen molar-refractivity contribution in [3.05, 3.63) is 0 Å². The van der Waals surface area contributed by atoms with E-state index in [1.165, 1.54) is 0 Å². The van der Waals surface area contributed by atoms with Crippen LogP contribution in [0.3, 0.4) is 0 Å². The Morgan fingerprint density at radius 1 is 1.19 bits per heavy atom. The molecule has 0 aromatic carbocycles. The highest BCUT2D eigenvalue weighted by atomic mass is 16.6. The van der Waals surface area contributed by atoms with Crippen LogP contribution in [0.4, 0.5) is 4.79 Å². The second-order valence-electron chi connectivity index (χ2n) is 6.73. The molecule has 0 spiro atoms. The molecule has 0 unspecified atom stereocenters. The van der Waals surface area contributed by atoms with Crippen LogP contribution in [0.2, 0.25) is 0 Å². The first-order valence-electron chi connectivity index (χ1n) is 7.40. The van der Waals surface area contributed by atoms with Crippen molar-refractivity contribution in [1.29, 1.82) is 0 Å². The first kappa shape index (κ1) is 17.5. The molecular formula is C15H26N2O4. The Morgan fingerprint density at radius 2 is 1.71 bits per heavy atom. The normalized spacial score (nSPS) is 17.6. The van der Waals surface area contributed by atoms with Gasteiger partial charge in [-0.2, -0.15) is 0 Å². The molecule has 1 atom stereocenters. The molecule has 0 saturated carbocycles. The van der Waals surface area contributed by atoms with Gasteiger partial charge in [0.05, 0.1) is 0 Å². The van der Waals surface area contributed by atoms with Gasteiger partial charge in [-0.3, -0.25) is 9.59 Å². The molecule has 0 aromatic heterocycles. The molecule has 2 amide bonds. The van der Waals surface area contributed by atoms with Crippen molar-refractivity contribution in [3.63, 3.8) is 0 Å². The van der Waals surface area contributed by atoms with Crippen LogP contribution in [0.25, 0.3) is 0 Å². The molecule has 6 heteroatoms. The lowest BCUT2D eigenvalue weighted by Crippen LogP contribution is -2.53. The van der Waals surface area contributed by atoms with E-state index < -0.39 is 17.7 Å². The summed E-state index contributed by atoms with van der Waals surface area (Å²) < 4.78 is 5.20. The lowest BCUT2D eigenvalue weighted by molar-refractivity contribution is -0.137. The molecule has 1 aliphatic heterocycles. The van der Waals surface area contributed by atoms with Gasteiger partial charge < -0.3 is 15.0 Å². The van der Waals surface area contributed by atoms with Gasteiger partial charge in [-0.05, 0) is 26.7 Å². The molecule has 0 radical (unpaired) electrons. The van der Waals surface area contributed by atoms with Gasteiger partial charge in [-0.15, -0.1) is 0 Å². The van der Waals surface area contributed by atoms with Gasteiger partial charge in [0.2, 0.25) is 5.91 Å². The average Bonchev–Trinajstić information content (AvgIpc) is 2.33. The van der Waals surface area contributed by atoms with E-state index in [9.17, 15) is 14.4 Å². The smallest absolute Gasteiger partial charge is 0.408 e. The Morgan fingerprint density at radius 3 is 2.14 bits per heavy atom. The number of rotatable bonds is 3. The summed E-state index contributed by atoms with van der Waals surface area (Å²) in [6.45, 7) is 9.91. The minimum absolute atomic E-state index is 0.0531. The van der Waals surface area contributed by atoms with Crippen LogP contribution in [0.1, 0.15) is 47.5 Å². The van der Waals surface area contributed by atoms with Gasteiger partial charge in [0.1, 0.15) is 17.4 Å². The number of carbonyl (C=O) groups excluding carboxylic acids is 3. The summed E-state index contributed by atoms with van der Waals surface area (Å²) in [6, 6.07) is -0.631. The molecule has 1 rings (SSSR count). The molecule has 0 aliphatic carbocycles. The van der Waals surface area contributed by atoms with Crippen LogP contribution in [0, 0.1) is 5.92 Å². The number of ether oxygens (including phenoxy) is 1. The minimum Gasteiger partial charge on any atom is -0.444 e. The van der Waals surface area contributed by atoms with E-state index in [2.05, 4.69) is 5.32 Å². The number of alkyl carbamates (subject to hydrolysis) is 1. The van der Waals surface area contributed by atoms with Crippen molar-refractivity contribution < 1.29 is 19.1 Å². The Kier molecular flexibility index (Phi) is 5.75. The van der Waals surface area contributed by atoms with Crippen LogP contribution in [-0.4, -0.2) is 47.4 Å². The van der Waals surface area contributed by atoms with Crippen LogP contribution < -0.4 is 5.32 Å². The molecule has 1 fully saturated rings. The third kappa shape index (κ3) is 5.73. The minimum atomic E-state index is -0.631. The van der Waals surface area contributed by atoms with E-state index in [0.717, 1.165) is 0 Å². The number of amides is 2. The third-order valence-corrected chi connectivity index (χ3v) is 3.24. The van der Waals surface area contributed by atoms with Gasteiger partial charge >= 0.3 is 6.09 Å². The van der Waals surface area contributed by atoms with Crippen LogP contribution >= 0.6 is 0 Å². The number of ketones is 1. The molecule has 21 heavy (non-hydrogen) atoms. The number of nitrogens with one attached hydrogen (secondary N) is 1. The standard InChI is InChI=1S/C15H26N2O4/c1-10(2)12(16-14(20)21-15(3,4)5)13(19)17-8-6-11(18)7-9-17/h10,12H,6-9H2,1-5H3,(H,16,20)/t12-/m0/s1. The van der Waals surface area contributed by atoms with E-state index in [-0.39, 0.29) is 17.6 Å². The summed E-state index contributed by atoms with van der Waals surface area (Å²) >= 11 is 0. The molecule has 1 aliphatic rings.